The van der Waals surface area contributed by atoms with Crippen LogP contribution in [0.15, 0.2) is 48.5 Å². The van der Waals surface area contributed by atoms with E-state index in [1.807, 2.05) is 12.1 Å². The lowest BCUT2D eigenvalue weighted by atomic mass is 10.1. The summed E-state index contributed by atoms with van der Waals surface area (Å²) in [4.78, 5) is 27.3. The fourth-order valence-corrected chi connectivity index (χ4v) is 3.45. The Kier molecular flexibility index (Phi) is 5.37. The van der Waals surface area contributed by atoms with Gasteiger partial charge in [-0.3, -0.25) is 4.79 Å². The standard InChI is InChI=1S/C19H16N2O5S/c1-26-14-8-4-11(5-9-14)17-15(10-16(22)23)27-19(21-17)20-13-6-2-12(3-7-13)18(24)25/h2-9H,10H2,1H3,(H,20,21)(H,22,23)(H,24,25). The Morgan fingerprint density at radius 2 is 1.74 bits per heavy atom. The molecule has 1 heterocycles. The average molecular weight is 384 g/mol. The van der Waals surface area contributed by atoms with E-state index in [9.17, 15) is 14.7 Å². The molecule has 0 amide bonds. The van der Waals surface area contributed by atoms with Gasteiger partial charge in [-0.15, -0.1) is 11.3 Å². The van der Waals surface area contributed by atoms with Gasteiger partial charge in [-0.05, 0) is 48.5 Å². The summed E-state index contributed by atoms with van der Waals surface area (Å²) in [5.41, 5.74) is 2.23. The van der Waals surface area contributed by atoms with Crippen molar-refractivity contribution in [1.29, 1.82) is 0 Å². The maximum Gasteiger partial charge on any atom is 0.335 e. The number of nitrogens with one attached hydrogen (secondary N) is 1. The summed E-state index contributed by atoms with van der Waals surface area (Å²) in [5.74, 6) is -1.24. The molecule has 8 heteroatoms. The van der Waals surface area contributed by atoms with Gasteiger partial charge in [-0.2, -0.15) is 0 Å². The van der Waals surface area contributed by atoms with Crippen LogP contribution < -0.4 is 10.1 Å². The molecule has 0 atom stereocenters. The summed E-state index contributed by atoms with van der Waals surface area (Å²) in [5, 5.41) is 21.8. The number of anilines is 2. The largest absolute Gasteiger partial charge is 0.497 e. The zero-order valence-electron chi connectivity index (χ0n) is 14.3. The van der Waals surface area contributed by atoms with Crippen molar-refractivity contribution in [3.8, 4) is 17.0 Å². The molecule has 7 nitrogen and oxygen atoms in total. The Labute approximate surface area is 158 Å². The SMILES string of the molecule is COc1ccc(-c2nc(Nc3ccc(C(=O)O)cc3)sc2CC(=O)O)cc1. The number of nitrogens with zero attached hydrogens (tertiary/aromatic N) is 1. The number of ether oxygens (including phenoxy) is 1. The maximum absolute atomic E-state index is 11.2. The first-order chi connectivity index (χ1) is 13.0. The molecule has 0 unspecified atom stereocenters. The van der Waals surface area contributed by atoms with Gasteiger partial charge < -0.3 is 20.3 Å². The van der Waals surface area contributed by atoms with Gasteiger partial charge in [0.1, 0.15) is 5.75 Å². The number of thiazole rings is 1. The molecule has 3 aromatic rings. The number of carbonyl (C=O) groups is 2. The summed E-state index contributed by atoms with van der Waals surface area (Å²) in [6.45, 7) is 0. The normalized spacial score (nSPS) is 10.4. The maximum atomic E-state index is 11.2. The first kappa shape index (κ1) is 18.4. The van der Waals surface area contributed by atoms with Crippen molar-refractivity contribution in [2.45, 2.75) is 6.42 Å². The summed E-state index contributed by atoms with van der Waals surface area (Å²) in [6.07, 6.45) is -0.140. The summed E-state index contributed by atoms with van der Waals surface area (Å²) in [7, 11) is 1.57. The second-order valence-electron chi connectivity index (χ2n) is 5.60. The number of aromatic nitrogens is 1. The van der Waals surface area contributed by atoms with E-state index in [1.54, 1.807) is 31.4 Å². The second-order valence-corrected chi connectivity index (χ2v) is 6.68. The third-order valence-corrected chi connectivity index (χ3v) is 4.73. The molecule has 3 N–H and O–H groups in total. The number of benzene rings is 2. The van der Waals surface area contributed by atoms with Crippen molar-refractivity contribution in [3.63, 3.8) is 0 Å². The van der Waals surface area contributed by atoms with Gasteiger partial charge in [0.2, 0.25) is 0 Å². The number of rotatable bonds is 7. The number of hydrogen-bond donors (Lipinski definition) is 3. The molecular formula is C19H16N2O5S. The molecule has 1 aromatic heterocycles. The second kappa shape index (κ2) is 7.88. The molecule has 0 saturated heterocycles. The summed E-state index contributed by atoms with van der Waals surface area (Å²) < 4.78 is 5.14. The van der Waals surface area contributed by atoms with E-state index < -0.39 is 11.9 Å². The summed E-state index contributed by atoms with van der Waals surface area (Å²) >= 11 is 1.25. The van der Waals surface area contributed by atoms with Crippen LogP contribution >= 0.6 is 11.3 Å². The van der Waals surface area contributed by atoms with Crippen LogP contribution in [0.1, 0.15) is 15.2 Å². The smallest absolute Gasteiger partial charge is 0.335 e. The minimum absolute atomic E-state index is 0.140. The molecule has 138 valence electrons. The fourth-order valence-electron chi connectivity index (χ4n) is 2.46. The molecule has 27 heavy (non-hydrogen) atoms. The van der Waals surface area contributed by atoms with Crippen LogP contribution in [0.5, 0.6) is 5.75 Å². The number of hydrogen-bond acceptors (Lipinski definition) is 6. The molecule has 0 fully saturated rings. The molecule has 0 aliphatic heterocycles. The monoisotopic (exact) mass is 384 g/mol. The van der Waals surface area contributed by atoms with Gasteiger partial charge in [0.15, 0.2) is 5.13 Å². The van der Waals surface area contributed by atoms with Crippen LogP contribution in [0.3, 0.4) is 0 Å². The van der Waals surface area contributed by atoms with Crippen LogP contribution in [-0.2, 0) is 11.2 Å². The minimum atomic E-state index is -0.999. The molecule has 2 aromatic carbocycles. The molecule has 0 aliphatic carbocycles. The molecular weight excluding hydrogens is 368 g/mol. The van der Waals surface area contributed by atoms with E-state index in [-0.39, 0.29) is 12.0 Å². The lowest BCUT2D eigenvalue weighted by Crippen LogP contribution is -1.99. The third-order valence-electron chi connectivity index (χ3n) is 3.76. The molecule has 0 spiro atoms. The van der Waals surface area contributed by atoms with E-state index in [0.717, 1.165) is 5.56 Å². The third kappa shape index (κ3) is 4.42. The van der Waals surface area contributed by atoms with Gasteiger partial charge in [-0.25, -0.2) is 9.78 Å². The molecule has 0 saturated carbocycles. The van der Waals surface area contributed by atoms with E-state index in [1.165, 1.54) is 23.5 Å². The van der Waals surface area contributed by atoms with Crippen LogP contribution in [-0.4, -0.2) is 34.2 Å². The molecule has 0 bridgehead atoms. The zero-order chi connectivity index (χ0) is 19.4. The number of carboxylic acids is 2. The van der Waals surface area contributed by atoms with Crippen LogP contribution in [0.4, 0.5) is 10.8 Å². The quantitative estimate of drug-likeness (QED) is 0.567. The van der Waals surface area contributed by atoms with E-state index in [4.69, 9.17) is 9.84 Å². The van der Waals surface area contributed by atoms with Gasteiger partial charge in [0.25, 0.3) is 0 Å². The lowest BCUT2D eigenvalue weighted by Gasteiger charge is -2.03. The van der Waals surface area contributed by atoms with Crippen molar-refractivity contribution in [1.82, 2.24) is 4.98 Å². The highest BCUT2D eigenvalue weighted by molar-refractivity contribution is 7.16. The Morgan fingerprint density at radius 1 is 1.07 bits per heavy atom. The Morgan fingerprint density at radius 3 is 2.30 bits per heavy atom. The predicted molar refractivity (Wildman–Crippen MR) is 102 cm³/mol. The Hall–Kier alpha value is -3.39. The van der Waals surface area contributed by atoms with Gasteiger partial charge in [-0.1, -0.05) is 0 Å². The first-order valence-corrected chi connectivity index (χ1v) is 8.74. The van der Waals surface area contributed by atoms with E-state index in [2.05, 4.69) is 10.3 Å². The predicted octanol–water partition coefficient (Wildman–Crippen LogP) is 3.89. The van der Waals surface area contributed by atoms with Crippen LogP contribution in [0, 0.1) is 0 Å². The number of aromatic carboxylic acids is 1. The highest BCUT2D eigenvalue weighted by Gasteiger charge is 2.16. The lowest BCUT2D eigenvalue weighted by molar-refractivity contribution is -0.136. The highest BCUT2D eigenvalue weighted by Crippen LogP contribution is 2.34. The molecule has 0 aliphatic rings. The van der Waals surface area contributed by atoms with Crippen molar-refractivity contribution < 1.29 is 24.5 Å². The van der Waals surface area contributed by atoms with Crippen molar-refractivity contribution >= 4 is 34.1 Å². The zero-order valence-corrected chi connectivity index (χ0v) is 15.1. The van der Waals surface area contributed by atoms with Crippen molar-refractivity contribution in [2.75, 3.05) is 12.4 Å². The molecule has 0 radical (unpaired) electrons. The van der Waals surface area contributed by atoms with Crippen LogP contribution in [0.2, 0.25) is 0 Å². The van der Waals surface area contributed by atoms with Gasteiger partial charge in [0.05, 0.1) is 24.8 Å². The van der Waals surface area contributed by atoms with Gasteiger partial charge in [0, 0.05) is 16.1 Å². The topological polar surface area (TPSA) is 109 Å². The van der Waals surface area contributed by atoms with E-state index in [0.29, 0.717) is 27.1 Å². The first-order valence-electron chi connectivity index (χ1n) is 7.92. The minimum Gasteiger partial charge on any atom is -0.497 e. The summed E-state index contributed by atoms with van der Waals surface area (Å²) in [6, 6.07) is 13.5. The Balaban J connectivity index is 1.90. The average Bonchev–Trinajstić information content (AvgIpc) is 3.03. The molecule has 3 rings (SSSR count). The Bertz CT molecular complexity index is 965. The fraction of sp³-hybridized carbons (Fsp3) is 0.105. The number of methoxy groups -OCH3 is 1. The number of aliphatic carboxylic acids is 1. The van der Waals surface area contributed by atoms with Crippen molar-refractivity contribution in [2.24, 2.45) is 0 Å². The van der Waals surface area contributed by atoms with Crippen molar-refractivity contribution in [3.05, 3.63) is 59.0 Å². The highest BCUT2D eigenvalue weighted by atomic mass is 32.1. The number of carboxylic acid groups (broad SMARTS) is 2. The van der Waals surface area contributed by atoms with E-state index >= 15 is 0 Å². The van der Waals surface area contributed by atoms with Gasteiger partial charge >= 0.3 is 11.9 Å². The van der Waals surface area contributed by atoms with Crippen LogP contribution in [0.25, 0.3) is 11.3 Å².